The van der Waals surface area contributed by atoms with E-state index in [9.17, 15) is 0 Å². The van der Waals surface area contributed by atoms with Crippen molar-refractivity contribution in [1.29, 1.82) is 0 Å². The Morgan fingerprint density at radius 1 is 1.28 bits per heavy atom. The average molecular weight is 282 g/mol. The summed E-state index contributed by atoms with van der Waals surface area (Å²) < 4.78 is 0. The van der Waals surface area contributed by atoms with Crippen molar-refractivity contribution in [3.05, 3.63) is 29.7 Å². The van der Waals surface area contributed by atoms with Crippen LogP contribution in [0.2, 0.25) is 5.02 Å². The second-order valence-corrected chi connectivity index (χ2v) is 4.77. The molecule has 0 aliphatic carbocycles. The number of nitrogens with zero attached hydrogens (tertiary/aromatic N) is 4. The van der Waals surface area contributed by atoms with Gasteiger partial charge in [0.05, 0.1) is 11.2 Å². The number of nitrogens with one attached hydrogen (secondary N) is 1. The van der Waals surface area contributed by atoms with Crippen LogP contribution in [0.4, 0.5) is 5.95 Å². The van der Waals surface area contributed by atoms with Crippen molar-refractivity contribution < 1.29 is 0 Å². The third kappa shape index (κ3) is 3.54. The van der Waals surface area contributed by atoms with Gasteiger partial charge in [-0.15, -0.1) is 0 Å². The molecule has 2 rings (SSSR count). The van der Waals surface area contributed by atoms with Crippen molar-refractivity contribution in [2.75, 3.05) is 11.9 Å². The first-order valence-electron chi connectivity index (χ1n) is 5.51. The summed E-state index contributed by atoms with van der Waals surface area (Å²) in [5.74, 6) is 0.569. The molecule has 0 aliphatic heterocycles. The molecule has 0 saturated heterocycles. The van der Waals surface area contributed by atoms with Crippen LogP contribution in [-0.2, 0) is 0 Å². The molecule has 0 amide bonds. The van der Waals surface area contributed by atoms with Gasteiger partial charge in [0, 0.05) is 18.9 Å². The summed E-state index contributed by atoms with van der Waals surface area (Å²) in [6.45, 7) is 2.91. The lowest BCUT2D eigenvalue weighted by atomic mass is 10.5. The quantitative estimate of drug-likeness (QED) is 0.672. The Morgan fingerprint density at radius 3 is 2.78 bits per heavy atom. The highest BCUT2D eigenvalue weighted by Gasteiger charge is 2.08. The summed E-state index contributed by atoms with van der Waals surface area (Å²) in [5.41, 5.74) is 0. The normalized spacial score (nSPS) is 10.3. The predicted molar refractivity (Wildman–Crippen MR) is 72.0 cm³/mol. The lowest BCUT2D eigenvalue weighted by Gasteiger charge is -2.05. The zero-order valence-electron chi connectivity index (χ0n) is 9.80. The van der Waals surface area contributed by atoms with E-state index in [2.05, 4.69) is 32.2 Å². The van der Waals surface area contributed by atoms with Crippen LogP contribution in [0.15, 0.2) is 34.8 Å². The molecule has 0 spiro atoms. The van der Waals surface area contributed by atoms with Crippen LogP contribution in [0.5, 0.6) is 0 Å². The van der Waals surface area contributed by atoms with Crippen LogP contribution >= 0.6 is 23.4 Å². The molecule has 1 N–H and O–H groups in total. The highest BCUT2D eigenvalue weighted by Crippen LogP contribution is 2.29. The van der Waals surface area contributed by atoms with Crippen molar-refractivity contribution in [2.45, 2.75) is 23.5 Å². The number of halogens is 1. The molecule has 0 aliphatic rings. The van der Waals surface area contributed by atoms with E-state index >= 15 is 0 Å². The first-order valence-corrected chi connectivity index (χ1v) is 6.70. The second-order valence-electron chi connectivity index (χ2n) is 3.41. The standard InChI is InChI=1S/C11H12ClN5S/c1-2-4-13-10-16-7-8(12)9(17-10)18-11-14-5-3-6-15-11/h3,5-7H,2,4H2,1H3,(H,13,16,17). The molecule has 94 valence electrons. The molecule has 0 unspecified atom stereocenters. The van der Waals surface area contributed by atoms with Crippen molar-refractivity contribution in [3.63, 3.8) is 0 Å². The first-order chi connectivity index (χ1) is 8.79. The van der Waals surface area contributed by atoms with E-state index in [1.165, 1.54) is 11.8 Å². The largest absolute Gasteiger partial charge is 0.354 e. The molecule has 5 nitrogen and oxygen atoms in total. The van der Waals surface area contributed by atoms with Crippen molar-refractivity contribution in [2.24, 2.45) is 0 Å². The highest BCUT2D eigenvalue weighted by atomic mass is 35.5. The number of hydrogen-bond acceptors (Lipinski definition) is 6. The van der Waals surface area contributed by atoms with E-state index < -0.39 is 0 Å². The number of aromatic nitrogens is 4. The van der Waals surface area contributed by atoms with Crippen molar-refractivity contribution >= 4 is 29.3 Å². The summed E-state index contributed by atoms with van der Waals surface area (Å²) in [7, 11) is 0. The maximum Gasteiger partial charge on any atom is 0.223 e. The SMILES string of the molecule is CCCNc1ncc(Cl)c(Sc2ncccn2)n1. The van der Waals surface area contributed by atoms with Crippen LogP contribution in [0, 0.1) is 0 Å². The topological polar surface area (TPSA) is 63.6 Å². The molecular formula is C11H12ClN5S. The summed E-state index contributed by atoms with van der Waals surface area (Å²) in [6.07, 6.45) is 5.95. The Bertz CT molecular complexity index is 508. The van der Waals surface area contributed by atoms with Gasteiger partial charge in [0.1, 0.15) is 5.03 Å². The fourth-order valence-electron chi connectivity index (χ4n) is 1.17. The van der Waals surface area contributed by atoms with Crippen LogP contribution < -0.4 is 5.32 Å². The number of anilines is 1. The maximum absolute atomic E-state index is 6.05. The zero-order valence-corrected chi connectivity index (χ0v) is 11.4. The van der Waals surface area contributed by atoms with Gasteiger partial charge in [-0.25, -0.2) is 19.9 Å². The van der Waals surface area contributed by atoms with E-state index in [0.717, 1.165) is 13.0 Å². The van der Waals surface area contributed by atoms with Gasteiger partial charge >= 0.3 is 0 Å². The summed E-state index contributed by atoms with van der Waals surface area (Å²) in [4.78, 5) is 16.7. The van der Waals surface area contributed by atoms with Crippen LogP contribution in [0.3, 0.4) is 0 Å². The van der Waals surface area contributed by atoms with E-state index in [4.69, 9.17) is 11.6 Å². The van der Waals surface area contributed by atoms with E-state index in [1.54, 1.807) is 24.7 Å². The lowest BCUT2D eigenvalue weighted by molar-refractivity contribution is 0.928. The Morgan fingerprint density at radius 2 is 2.06 bits per heavy atom. The Kier molecular flexibility index (Phi) is 4.72. The maximum atomic E-state index is 6.05. The molecule has 0 radical (unpaired) electrons. The molecule has 0 fully saturated rings. The number of rotatable bonds is 5. The first kappa shape index (κ1) is 13.0. The van der Waals surface area contributed by atoms with E-state index in [0.29, 0.717) is 21.2 Å². The van der Waals surface area contributed by atoms with Gasteiger partial charge in [0.2, 0.25) is 5.95 Å². The molecule has 2 aromatic rings. The molecule has 2 heterocycles. The van der Waals surface area contributed by atoms with E-state index in [1.807, 2.05) is 0 Å². The fourth-order valence-corrected chi connectivity index (χ4v) is 2.06. The monoisotopic (exact) mass is 281 g/mol. The van der Waals surface area contributed by atoms with Gasteiger partial charge in [-0.05, 0) is 24.2 Å². The number of hydrogen-bond donors (Lipinski definition) is 1. The Labute approximate surface area is 114 Å². The summed E-state index contributed by atoms with van der Waals surface area (Å²) in [6, 6.07) is 1.76. The summed E-state index contributed by atoms with van der Waals surface area (Å²) in [5, 5.41) is 4.87. The minimum absolute atomic E-state index is 0.495. The minimum atomic E-state index is 0.495. The molecule has 0 aromatic carbocycles. The van der Waals surface area contributed by atoms with Gasteiger partial charge in [-0.1, -0.05) is 18.5 Å². The molecule has 0 saturated carbocycles. The second kappa shape index (κ2) is 6.51. The Balaban J connectivity index is 2.16. The molecule has 0 bridgehead atoms. The van der Waals surface area contributed by atoms with Gasteiger partial charge in [0.25, 0.3) is 0 Å². The predicted octanol–water partition coefficient (Wildman–Crippen LogP) is 2.89. The molecular weight excluding hydrogens is 270 g/mol. The smallest absolute Gasteiger partial charge is 0.223 e. The fraction of sp³-hybridized carbons (Fsp3) is 0.273. The van der Waals surface area contributed by atoms with Crippen LogP contribution in [0.1, 0.15) is 13.3 Å². The van der Waals surface area contributed by atoms with Gasteiger partial charge in [-0.3, -0.25) is 0 Å². The molecule has 0 atom stereocenters. The molecule has 7 heteroatoms. The third-order valence-electron chi connectivity index (χ3n) is 1.98. The Hall–Kier alpha value is -1.40. The molecule has 18 heavy (non-hydrogen) atoms. The zero-order chi connectivity index (χ0) is 12.8. The summed E-state index contributed by atoms with van der Waals surface area (Å²) >= 11 is 7.37. The van der Waals surface area contributed by atoms with Crippen molar-refractivity contribution in [1.82, 2.24) is 19.9 Å². The van der Waals surface area contributed by atoms with Gasteiger partial charge < -0.3 is 5.32 Å². The van der Waals surface area contributed by atoms with E-state index in [-0.39, 0.29) is 0 Å². The third-order valence-corrected chi connectivity index (χ3v) is 3.26. The lowest BCUT2D eigenvalue weighted by Crippen LogP contribution is -2.04. The highest BCUT2D eigenvalue weighted by molar-refractivity contribution is 7.99. The van der Waals surface area contributed by atoms with Crippen molar-refractivity contribution in [3.8, 4) is 0 Å². The van der Waals surface area contributed by atoms with Crippen LogP contribution in [-0.4, -0.2) is 26.5 Å². The average Bonchev–Trinajstić information content (AvgIpc) is 2.41. The van der Waals surface area contributed by atoms with Gasteiger partial charge in [0.15, 0.2) is 5.16 Å². The molecule has 2 aromatic heterocycles. The van der Waals surface area contributed by atoms with Gasteiger partial charge in [-0.2, -0.15) is 0 Å². The minimum Gasteiger partial charge on any atom is -0.354 e. The van der Waals surface area contributed by atoms with Crippen LogP contribution in [0.25, 0.3) is 0 Å².